The van der Waals surface area contributed by atoms with E-state index in [1.807, 2.05) is 32.0 Å². The SMILES string of the molecule is CC(=O)Nc1cccc(NC(=O)CCN(C(C)=O)c2ccc(C)cc2C)c1. The molecule has 3 amide bonds. The molecule has 27 heavy (non-hydrogen) atoms. The molecule has 2 rings (SSSR count). The molecule has 6 nitrogen and oxygen atoms in total. The lowest BCUT2D eigenvalue weighted by atomic mass is 10.1. The fourth-order valence-corrected chi connectivity index (χ4v) is 2.87. The summed E-state index contributed by atoms with van der Waals surface area (Å²) in [7, 11) is 0. The number of benzene rings is 2. The first-order chi connectivity index (χ1) is 12.8. The van der Waals surface area contributed by atoms with Crippen LogP contribution in [0, 0.1) is 13.8 Å². The van der Waals surface area contributed by atoms with E-state index < -0.39 is 0 Å². The summed E-state index contributed by atoms with van der Waals surface area (Å²) in [6.07, 6.45) is 0.164. The maximum atomic E-state index is 12.3. The Kier molecular flexibility index (Phi) is 6.71. The molecule has 0 aliphatic carbocycles. The van der Waals surface area contributed by atoms with Crippen LogP contribution >= 0.6 is 0 Å². The number of aryl methyl sites for hydroxylation is 2. The molecule has 0 radical (unpaired) electrons. The number of nitrogens with zero attached hydrogens (tertiary/aromatic N) is 1. The van der Waals surface area contributed by atoms with Crippen LogP contribution in [0.25, 0.3) is 0 Å². The van der Waals surface area contributed by atoms with E-state index in [1.54, 1.807) is 29.2 Å². The third-order valence-corrected chi connectivity index (χ3v) is 4.05. The van der Waals surface area contributed by atoms with Gasteiger partial charge in [0.15, 0.2) is 0 Å². The maximum Gasteiger partial charge on any atom is 0.226 e. The molecule has 2 aromatic rings. The monoisotopic (exact) mass is 367 g/mol. The smallest absolute Gasteiger partial charge is 0.226 e. The van der Waals surface area contributed by atoms with E-state index in [2.05, 4.69) is 10.6 Å². The van der Waals surface area contributed by atoms with Gasteiger partial charge in [0.2, 0.25) is 17.7 Å². The van der Waals surface area contributed by atoms with Crippen LogP contribution in [0.5, 0.6) is 0 Å². The third kappa shape index (κ3) is 5.95. The summed E-state index contributed by atoms with van der Waals surface area (Å²) in [4.78, 5) is 37.1. The largest absolute Gasteiger partial charge is 0.326 e. The van der Waals surface area contributed by atoms with Gasteiger partial charge in [0.1, 0.15) is 0 Å². The van der Waals surface area contributed by atoms with E-state index in [0.29, 0.717) is 11.4 Å². The normalized spacial score (nSPS) is 10.2. The molecule has 0 fully saturated rings. The number of hydrogen-bond acceptors (Lipinski definition) is 3. The summed E-state index contributed by atoms with van der Waals surface area (Å²) in [6, 6.07) is 12.8. The summed E-state index contributed by atoms with van der Waals surface area (Å²) in [5, 5.41) is 5.47. The highest BCUT2D eigenvalue weighted by atomic mass is 16.2. The molecular formula is C21H25N3O3. The average molecular weight is 367 g/mol. The second-order valence-corrected chi connectivity index (χ2v) is 6.52. The number of carbonyl (C=O) groups is 3. The van der Waals surface area contributed by atoms with Crippen LogP contribution in [0.2, 0.25) is 0 Å². The van der Waals surface area contributed by atoms with E-state index in [-0.39, 0.29) is 30.7 Å². The van der Waals surface area contributed by atoms with Gasteiger partial charge in [-0.25, -0.2) is 0 Å². The molecule has 0 saturated heterocycles. The molecule has 0 atom stereocenters. The standard InChI is InChI=1S/C21H25N3O3/c1-14-8-9-20(15(2)12-14)24(17(4)26)11-10-21(27)23-19-7-5-6-18(13-19)22-16(3)25/h5-9,12-13H,10-11H2,1-4H3,(H,22,25)(H,23,27). The zero-order valence-corrected chi connectivity index (χ0v) is 16.1. The Morgan fingerprint density at radius 1 is 0.926 bits per heavy atom. The van der Waals surface area contributed by atoms with Gasteiger partial charge >= 0.3 is 0 Å². The van der Waals surface area contributed by atoms with Crippen LogP contribution < -0.4 is 15.5 Å². The number of carbonyl (C=O) groups excluding carboxylic acids is 3. The van der Waals surface area contributed by atoms with E-state index in [1.165, 1.54) is 13.8 Å². The summed E-state index contributed by atoms with van der Waals surface area (Å²) in [5.74, 6) is -0.488. The van der Waals surface area contributed by atoms with Crippen LogP contribution in [-0.4, -0.2) is 24.3 Å². The van der Waals surface area contributed by atoms with Gasteiger partial charge in [-0.15, -0.1) is 0 Å². The second-order valence-electron chi connectivity index (χ2n) is 6.52. The first-order valence-corrected chi connectivity index (χ1v) is 8.79. The van der Waals surface area contributed by atoms with E-state index >= 15 is 0 Å². The fourth-order valence-electron chi connectivity index (χ4n) is 2.87. The molecule has 0 saturated carbocycles. The lowest BCUT2D eigenvalue weighted by molar-refractivity contribution is -0.117. The van der Waals surface area contributed by atoms with Gasteiger partial charge in [0.05, 0.1) is 0 Å². The second kappa shape index (κ2) is 8.98. The van der Waals surface area contributed by atoms with Gasteiger partial charge in [0, 0.05) is 43.9 Å². The Morgan fingerprint density at radius 3 is 2.19 bits per heavy atom. The van der Waals surface area contributed by atoms with Crippen molar-refractivity contribution in [2.75, 3.05) is 22.1 Å². The van der Waals surface area contributed by atoms with Crippen molar-refractivity contribution in [2.24, 2.45) is 0 Å². The average Bonchev–Trinajstić information content (AvgIpc) is 2.56. The molecule has 0 heterocycles. The molecule has 0 bridgehead atoms. The van der Waals surface area contributed by atoms with Gasteiger partial charge in [-0.2, -0.15) is 0 Å². The van der Waals surface area contributed by atoms with Gasteiger partial charge in [-0.05, 0) is 43.7 Å². The van der Waals surface area contributed by atoms with Crippen molar-refractivity contribution in [1.29, 1.82) is 0 Å². The molecule has 0 unspecified atom stereocenters. The van der Waals surface area contributed by atoms with Crippen molar-refractivity contribution < 1.29 is 14.4 Å². The topological polar surface area (TPSA) is 78.5 Å². The van der Waals surface area contributed by atoms with Crippen LogP contribution in [0.3, 0.4) is 0 Å². The Bertz CT molecular complexity index is 862. The van der Waals surface area contributed by atoms with Crippen molar-refractivity contribution in [2.45, 2.75) is 34.1 Å². The molecule has 0 aromatic heterocycles. The molecule has 6 heteroatoms. The number of anilines is 3. The first kappa shape index (κ1) is 20.2. The van der Waals surface area contributed by atoms with Crippen molar-refractivity contribution in [3.8, 4) is 0 Å². The van der Waals surface area contributed by atoms with E-state index in [4.69, 9.17) is 0 Å². The summed E-state index contributed by atoms with van der Waals surface area (Å²) in [6.45, 7) is 7.16. The Morgan fingerprint density at radius 2 is 1.59 bits per heavy atom. The van der Waals surface area contributed by atoms with Crippen LogP contribution in [0.4, 0.5) is 17.1 Å². The van der Waals surface area contributed by atoms with Crippen molar-refractivity contribution >= 4 is 34.8 Å². The van der Waals surface area contributed by atoms with Crippen molar-refractivity contribution in [3.05, 3.63) is 53.6 Å². The van der Waals surface area contributed by atoms with Crippen LogP contribution in [0.15, 0.2) is 42.5 Å². The summed E-state index contributed by atoms with van der Waals surface area (Å²) in [5.41, 5.74) is 4.13. The van der Waals surface area contributed by atoms with Crippen LogP contribution in [-0.2, 0) is 14.4 Å². The molecular weight excluding hydrogens is 342 g/mol. The summed E-state index contributed by atoms with van der Waals surface area (Å²) < 4.78 is 0. The third-order valence-electron chi connectivity index (χ3n) is 4.05. The summed E-state index contributed by atoms with van der Waals surface area (Å²) >= 11 is 0. The van der Waals surface area contributed by atoms with Gasteiger partial charge in [-0.3, -0.25) is 14.4 Å². The number of rotatable bonds is 6. The highest BCUT2D eigenvalue weighted by molar-refractivity contribution is 5.96. The van der Waals surface area contributed by atoms with Crippen molar-refractivity contribution in [1.82, 2.24) is 0 Å². The van der Waals surface area contributed by atoms with Gasteiger partial charge in [-0.1, -0.05) is 23.8 Å². The van der Waals surface area contributed by atoms with Gasteiger partial charge in [0.25, 0.3) is 0 Å². The quantitative estimate of drug-likeness (QED) is 0.818. The fraction of sp³-hybridized carbons (Fsp3) is 0.286. The van der Waals surface area contributed by atoms with E-state index in [9.17, 15) is 14.4 Å². The number of hydrogen-bond donors (Lipinski definition) is 2. The molecule has 2 N–H and O–H groups in total. The predicted molar refractivity (Wildman–Crippen MR) is 108 cm³/mol. The lowest BCUT2D eigenvalue weighted by Gasteiger charge is -2.23. The Hall–Kier alpha value is -3.15. The minimum absolute atomic E-state index is 0.109. The highest BCUT2D eigenvalue weighted by Crippen LogP contribution is 2.22. The van der Waals surface area contributed by atoms with Crippen LogP contribution in [0.1, 0.15) is 31.4 Å². The predicted octanol–water partition coefficient (Wildman–Crippen LogP) is 3.64. The molecule has 0 spiro atoms. The minimum Gasteiger partial charge on any atom is -0.326 e. The Balaban J connectivity index is 2.02. The van der Waals surface area contributed by atoms with Gasteiger partial charge < -0.3 is 15.5 Å². The molecule has 2 aromatic carbocycles. The number of nitrogens with one attached hydrogen (secondary N) is 2. The zero-order valence-electron chi connectivity index (χ0n) is 16.1. The van der Waals surface area contributed by atoms with Crippen molar-refractivity contribution in [3.63, 3.8) is 0 Å². The lowest BCUT2D eigenvalue weighted by Crippen LogP contribution is -2.32. The molecule has 0 aliphatic rings. The Labute approximate surface area is 159 Å². The highest BCUT2D eigenvalue weighted by Gasteiger charge is 2.15. The zero-order chi connectivity index (χ0) is 20.0. The number of amides is 3. The van der Waals surface area contributed by atoms with E-state index in [0.717, 1.165) is 16.8 Å². The maximum absolute atomic E-state index is 12.3. The molecule has 0 aliphatic heterocycles. The molecule has 142 valence electrons. The minimum atomic E-state index is -0.203. The first-order valence-electron chi connectivity index (χ1n) is 8.79.